The van der Waals surface area contributed by atoms with Crippen LogP contribution in [0.1, 0.15) is 28.4 Å². The molecule has 6 heteroatoms. The van der Waals surface area contributed by atoms with Crippen molar-refractivity contribution in [3.8, 4) is 11.8 Å². The maximum atomic E-state index is 13.4. The Labute approximate surface area is 157 Å². The topological polar surface area (TPSA) is 71.2 Å². The molecule has 1 unspecified atom stereocenters. The highest BCUT2D eigenvalue weighted by atomic mass is 16.5. The Bertz CT molecular complexity index is 1020. The molecule has 0 bridgehead atoms. The minimum Gasteiger partial charge on any atom is -0.496 e. The summed E-state index contributed by atoms with van der Waals surface area (Å²) < 4.78 is 7.36. The summed E-state index contributed by atoms with van der Waals surface area (Å²) in [5, 5.41) is 9.15. The zero-order valence-electron chi connectivity index (χ0n) is 14.9. The third kappa shape index (κ3) is 3.04. The molecule has 1 amide bonds. The van der Waals surface area contributed by atoms with Crippen LogP contribution in [0.15, 0.2) is 61.1 Å². The Kier molecular flexibility index (Phi) is 4.35. The standard InChI is InChI=1S/C21H18N4O2/c1-27-19-9-16(10-22)7-8-18(19)20-21(26)24(12-15-5-3-2-4-6-15)13-17-11-23-14-25(17)20/h2-9,11,14,20H,12-13H2,1H3. The summed E-state index contributed by atoms with van der Waals surface area (Å²) in [4.78, 5) is 19.4. The first-order chi connectivity index (χ1) is 13.2. The molecule has 1 atom stereocenters. The first-order valence-corrected chi connectivity index (χ1v) is 8.62. The zero-order valence-corrected chi connectivity index (χ0v) is 14.9. The number of nitrogens with zero attached hydrogens (tertiary/aromatic N) is 4. The second-order valence-corrected chi connectivity index (χ2v) is 6.44. The highest BCUT2D eigenvalue weighted by molar-refractivity contribution is 5.85. The van der Waals surface area contributed by atoms with E-state index in [1.165, 1.54) is 0 Å². The first kappa shape index (κ1) is 16.9. The monoisotopic (exact) mass is 358 g/mol. The Morgan fingerprint density at radius 3 is 2.81 bits per heavy atom. The molecule has 27 heavy (non-hydrogen) atoms. The zero-order chi connectivity index (χ0) is 18.8. The van der Waals surface area contributed by atoms with Crippen molar-refractivity contribution in [2.75, 3.05) is 7.11 Å². The van der Waals surface area contributed by atoms with Crippen LogP contribution in [-0.2, 0) is 17.9 Å². The molecule has 0 spiro atoms. The lowest BCUT2D eigenvalue weighted by Gasteiger charge is -2.34. The van der Waals surface area contributed by atoms with Gasteiger partial charge < -0.3 is 14.2 Å². The van der Waals surface area contributed by atoms with Gasteiger partial charge in [-0.3, -0.25) is 4.79 Å². The van der Waals surface area contributed by atoms with E-state index in [1.54, 1.807) is 37.8 Å². The van der Waals surface area contributed by atoms with E-state index in [0.29, 0.717) is 24.4 Å². The lowest BCUT2D eigenvalue weighted by atomic mass is 9.99. The van der Waals surface area contributed by atoms with E-state index >= 15 is 0 Å². The number of amides is 1. The van der Waals surface area contributed by atoms with Crippen LogP contribution in [0.25, 0.3) is 0 Å². The maximum absolute atomic E-state index is 13.4. The minimum absolute atomic E-state index is 0.0210. The fraction of sp³-hybridized carbons (Fsp3) is 0.190. The van der Waals surface area contributed by atoms with Gasteiger partial charge in [0.25, 0.3) is 5.91 Å². The van der Waals surface area contributed by atoms with Crippen molar-refractivity contribution in [3.05, 3.63) is 83.4 Å². The number of benzene rings is 2. The van der Waals surface area contributed by atoms with Crippen molar-refractivity contribution in [1.82, 2.24) is 14.5 Å². The smallest absolute Gasteiger partial charge is 0.251 e. The Hall–Kier alpha value is -3.59. The highest BCUT2D eigenvalue weighted by Crippen LogP contribution is 2.34. The number of ether oxygens (including phenoxy) is 1. The number of fused-ring (bicyclic) bond motifs is 1. The molecule has 0 radical (unpaired) electrons. The number of carbonyl (C=O) groups is 1. The fourth-order valence-electron chi connectivity index (χ4n) is 3.48. The molecule has 0 saturated heterocycles. The predicted molar refractivity (Wildman–Crippen MR) is 98.8 cm³/mol. The molecule has 0 aliphatic carbocycles. The van der Waals surface area contributed by atoms with E-state index in [4.69, 9.17) is 10.00 Å². The minimum atomic E-state index is -0.567. The van der Waals surface area contributed by atoms with Crippen LogP contribution in [0.5, 0.6) is 5.75 Å². The molecule has 0 N–H and O–H groups in total. The number of hydrogen-bond donors (Lipinski definition) is 0. The molecule has 134 valence electrons. The Morgan fingerprint density at radius 1 is 1.26 bits per heavy atom. The Morgan fingerprint density at radius 2 is 2.07 bits per heavy atom. The number of aromatic nitrogens is 2. The molecule has 0 saturated carbocycles. The largest absolute Gasteiger partial charge is 0.496 e. The number of nitriles is 1. The number of carbonyl (C=O) groups excluding carboxylic acids is 1. The molecule has 4 rings (SSSR count). The second-order valence-electron chi connectivity index (χ2n) is 6.44. The molecular weight excluding hydrogens is 340 g/mol. The van der Waals surface area contributed by atoms with Crippen molar-refractivity contribution in [2.45, 2.75) is 19.1 Å². The van der Waals surface area contributed by atoms with E-state index in [-0.39, 0.29) is 5.91 Å². The van der Waals surface area contributed by atoms with Gasteiger partial charge in [-0.05, 0) is 17.7 Å². The van der Waals surface area contributed by atoms with Crippen molar-refractivity contribution in [2.24, 2.45) is 0 Å². The average molecular weight is 358 g/mol. The summed E-state index contributed by atoms with van der Waals surface area (Å²) >= 11 is 0. The van der Waals surface area contributed by atoms with Gasteiger partial charge in [0.2, 0.25) is 0 Å². The highest BCUT2D eigenvalue weighted by Gasteiger charge is 2.35. The molecule has 0 fully saturated rings. The first-order valence-electron chi connectivity index (χ1n) is 8.62. The van der Waals surface area contributed by atoms with Gasteiger partial charge in [-0.15, -0.1) is 0 Å². The number of rotatable bonds is 4. The van der Waals surface area contributed by atoms with Crippen molar-refractivity contribution >= 4 is 5.91 Å². The van der Waals surface area contributed by atoms with Crippen LogP contribution in [0.3, 0.4) is 0 Å². The van der Waals surface area contributed by atoms with Gasteiger partial charge in [-0.1, -0.05) is 36.4 Å². The van der Waals surface area contributed by atoms with Gasteiger partial charge in [0.15, 0.2) is 0 Å². The summed E-state index contributed by atoms with van der Waals surface area (Å²) in [6, 6.07) is 16.6. The number of hydrogen-bond acceptors (Lipinski definition) is 4. The van der Waals surface area contributed by atoms with Crippen LogP contribution in [0.2, 0.25) is 0 Å². The number of imidazole rings is 1. The average Bonchev–Trinajstić information content (AvgIpc) is 3.17. The van der Waals surface area contributed by atoms with Gasteiger partial charge in [0.05, 0.1) is 37.3 Å². The summed E-state index contributed by atoms with van der Waals surface area (Å²) in [5.41, 5.74) is 3.25. The molecule has 1 aromatic heterocycles. The maximum Gasteiger partial charge on any atom is 0.251 e. The van der Waals surface area contributed by atoms with Gasteiger partial charge in [-0.2, -0.15) is 5.26 Å². The molecule has 1 aliphatic heterocycles. The molecule has 3 aromatic rings. The predicted octanol–water partition coefficient (Wildman–Crippen LogP) is 2.90. The molecular formula is C21H18N4O2. The molecule has 2 aromatic carbocycles. The van der Waals surface area contributed by atoms with E-state index in [2.05, 4.69) is 11.1 Å². The van der Waals surface area contributed by atoms with Crippen molar-refractivity contribution in [3.63, 3.8) is 0 Å². The third-order valence-electron chi connectivity index (χ3n) is 4.80. The van der Waals surface area contributed by atoms with E-state index in [0.717, 1.165) is 16.8 Å². The summed E-state index contributed by atoms with van der Waals surface area (Å²) in [6.07, 6.45) is 3.46. The third-order valence-corrected chi connectivity index (χ3v) is 4.80. The summed E-state index contributed by atoms with van der Waals surface area (Å²) in [7, 11) is 1.55. The normalized spacial score (nSPS) is 15.9. The lowest BCUT2D eigenvalue weighted by molar-refractivity contribution is -0.136. The molecule has 6 nitrogen and oxygen atoms in total. The summed E-state index contributed by atoms with van der Waals surface area (Å²) in [6.45, 7) is 1.03. The second kappa shape index (κ2) is 6.96. The lowest BCUT2D eigenvalue weighted by Crippen LogP contribution is -2.42. The van der Waals surface area contributed by atoms with Crippen molar-refractivity contribution < 1.29 is 9.53 Å². The van der Waals surface area contributed by atoms with E-state index in [9.17, 15) is 4.79 Å². The van der Waals surface area contributed by atoms with Gasteiger partial charge >= 0.3 is 0 Å². The van der Waals surface area contributed by atoms with Crippen LogP contribution < -0.4 is 4.74 Å². The van der Waals surface area contributed by atoms with Crippen LogP contribution in [0, 0.1) is 11.3 Å². The van der Waals surface area contributed by atoms with Crippen LogP contribution >= 0.6 is 0 Å². The molecule has 1 aliphatic rings. The van der Waals surface area contributed by atoms with Crippen LogP contribution in [-0.4, -0.2) is 27.5 Å². The quantitative estimate of drug-likeness (QED) is 0.719. The van der Waals surface area contributed by atoms with Gasteiger partial charge in [-0.25, -0.2) is 4.98 Å². The Balaban J connectivity index is 1.76. The SMILES string of the molecule is COc1cc(C#N)ccc1C1C(=O)N(Cc2ccccc2)Cc2cncn21. The van der Waals surface area contributed by atoms with Gasteiger partial charge in [0, 0.05) is 18.3 Å². The summed E-state index contributed by atoms with van der Waals surface area (Å²) in [5.74, 6) is 0.501. The van der Waals surface area contributed by atoms with Crippen molar-refractivity contribution in [1.29, 1.82) is 5.26 Å². The molecule has 2 heterocycles. The van der Waals surface area contributed by atoms with E-state index in [1.807, 2.05) is 39.8 Å². The fourth-order valence-corrected chi connectivity index (χ4v) is 3.48. The van der Waals surface area contributed by atoms with Gasteiger partial charge in [0.1, 0.15) is 11.8 Å². The number of methoxy groups -OCH3 is 1. The van der Waals surface area contributed by atoms with Crippen LogP contribution in [0.4, 0.5) is 0 Å². The van der Waals surface area contributed by atoms with E-state index < -0.39 is 6.04 Å².